The van der Waals surface area contributed by atoms with Crippen molar-refractivity contribution in [1.82, 2.24) is 9.21 Å². The number of hydrogen-bond donors (Lipinski definition) is 1. The SMILES string of the molecule is CC(C)OCCS(=O)(=O)N1CCN(CC(C)(C)O)CC1. The van der Waals surface area contributed by atoms with Crippen molar-refractivity contribution < 1.29 is 18.3 Å². The molecule has 0 atom stereocenters. The molecule has 120 valence electrons. The van der Waals surface area contributed by atoms with Crippen LogP contribution in [0.5, 0.6) is 0 Å². The fraction of sp³-hybridized carbons (Fsp3) is 1.00. The number of piperazine rings is 1. The predicted octanol–water partition coefficient (Wildman–Crippen LogP) is 0.130. The van der Waals surface area contributed by atoms with Gasteiger partial charge in [0.05, 0.1) is 24.1 Å². The molecule has 1 saturated heterocycles. The molecule has 0 amide bonds. The molecule has 0 aromatic rings. The van der Waals surface area contributed by atoms with E-state index >= 15 is 0 Å². The Morgan fingerprint density at radius 2 is 1.75 bits per heavy atom. The highest BCUT2D eigenvalue weighted by atomic mass is 32.2. The van der Waals surface area contributed by atoms with Crippen molar-refractivity contribution in [3.8, 4) is 0 Å². The van der Waals surface area contributed by atoms with Crippen molar-refractivity contribution >= 4 is 10.0 Å². The molecule has 7 heteroatoms. The maximum absolute atomic E-state index is 12.1. The molecular weight excluding hydrogens is 280 g/mol. The van der Waals surface area contributed by atoms with Crippen LogP contribution in [0.3, 0.4) is 0 Å². The number of nitrogens with zero attached hydrogens (tertiary/aromatic N) is 2. The van der Waals surface area contributed by atoms with E-state index in [4.69, 9.17) is 4.74 Å². The maximum Gasteiger partial charge on any atom is 0.216 e. The van der Waals surface area contributed by atoms with Gasteiger partial charge < -0.3 is 9.84 Å². The first kappa shape index (κ1) is 17.8. The second-order valence-corrected chi connectivity index (χ2v) is 8.31. The van der Waals surface area contributed by atoms with Gasteiger partial charge in [0.15, 0.2) is 0 Å². The van der Waals surface area contributed by atoms with Gasteiger partial charge in [-0.1, -0.05) is 0 Å². The predicted molar refractivity (Wildman–Crippen MR) is 79.2 cm³/mol. The van der Waals surface area contributed by atoms with E-state index in [1.165, 1.54) is 4.31 Å². The highest BCUT2D eigenvalue weighted by molar-refractivity contribution is 7.89. The van der Waals surface area contributed by atoms with E-state index in [2.05, 4.69) is 4.90 Å². The van der Waals surface area contributed by atoms with Gasteiger partial charge in [0.2, 0.25) is 10.0 Å². The molecule has 1 rings (SSSR count). The highest BCUT2D eigenvalue weighted by Crippen LogP contribution is 2.11. The van der Waals surface area contributed by atoms with Crippen LogP contribution in [0.4, 0.5) is 0 Å². The zero-order chi connectivity index (χ0) is 15.4. The monoisotopic (exact) mass is 308 g/mol. The van der Waals surface area contributed by atoms with Gasteiger partial charge in [-0.2, -0.15) is 4.31 Å². The Kier molecular flexibility index (Phi) is 6.40. The van der Waals surface area contributed by atoms with Crippen LogP contribution in [-0.4, -0.2) is 79.5 Å². The molecule has 0 aliphatic carbocycles. The third-order valence-corrected chi connectivity index (χ3v) is 4.96. The molecule has 1 fully saturated rings. The topological polar surface area (TPSA) is 70.1 Å². The van der Waals surface area contributed by atoms with Crippen LogP contribution >= 0.6 is 0 Å². The lowest BCUT2D eigenvalue weighted by atomic mass is 10.1. The van der Waals surface area contributed by atoms with Gasteiger partial charge in [0, 0.05) is 32.7 Å². The number of ether oxygens (including phenoxy) is 1. The summed E-state index contributed by atoms with van der Waals surface area (Å²) in [6.07, 6.45) is 0.0498. The first-order valence-electron chi connectivity index (χ1n) is 7.14. The summed E-state index contributed by atoms with van der Waals surface area (Å²) < 4.78 is 31.1. The van der Waals surface area contributed by atoms with Gasteiger partial charge in [0.25, 0.3) is 0 Å². The zero-order valence-electron chi connectivity index (χ0n) is 13.0. The van der Waals surface area contributed by atoms with Gasteiger partial charge in [-0.3, -0.25) is 4.90 Å². The second kappa shape index (κ2) is 7.17. The minimum Gasteiger partial charge on any atom is -0.389 e. The number of rotatable bonds is 7. The molecule has 0 saturated carbocycles. The Balaban J connectivity index is 2.40. The van der Waals surface area contributed by atoms with Gasteiger partial charge in [-0.25, -0.2) is 8.42 Å². The van der Waals surface area contributed by atoms with E-state index in [1.807, 2.05) is 13.8 Å². The molecule has 1 heterocycles. The smallest absolute Gasteiger partial charge is 0.216 e. The summed E-state index contributed by atoms with van der Waals surface area (Å²) in [5.41, 5.74) is -0.744. The van der Waals surface area contributed by atoms with Crippen molar-refractivity contribution in [2.24, 2.45) is 0 Å². The van der Waals surface area contributed by atoms with Crippen LogP contribution in [0.1, 0.15) is 27.7 Å². The van der Waals surface area contributed by atoms with Gasteiger partial charge in [-0.05, 0) is 27.7 Å². The number of hydrogen-bond acceptors (Lipinski definition) is 5. The Morgan fingerprint density at radius 1 is 1.20 bits per heavy atom. The fourth-order valence-corrected chi connectivity index (χ4v) is 3.52. The Hall–Kier alpha value is -0.210. The molecule has 20 heavy (non-hydrogen) atoms. The van der Waals surface area contributed by atoms with Gasteiger partial charge in [0.1, 0.15) is 0 Å². The highest BCUT2D eigenvalue weighted by Gasteiger charge is 2.28. The summed E-state index contributed by atoms with van der Waals surface area (Å²) in [5, 5.41) is 9.77. The molecule has 0 aromatic heterocycles. The normalized spacial score (nSPS) is 19.7. The van der Waals surface area contributed by atoms with Crippen LogP contribution in [0, 0.1) is 0 Å². The molecular formula is C13H28N2O4S. The second-order valence-electron chi connectivity index (χ2n) is 6.22. The standard InChI is InChI=1S/C13H28N2O4S/c1-12(2)19-9-10-20(17,18)15-7-5-14(6-8-15)11-13(3,4)16/h12,16H,5-11H2,1-4H3. The molecule has 1 aliphatic rings. The summed E-state index contributed by atoms with van der Waals surface area (Å²) in [6, 6.07) is 0. The summed E-state index contributed by atoms with van der Waals surface area (Å²) >= 11 is 0. The van der Waals surface area contributed by atoms with Crippen LogP contribution in [-0.2, 0) is 14.8 Å². The Labute approximate surface area is 122 Å². The van der Waals surface area contributed by atoms with Crippen molar-refractivity contribution in [2.75, 3.05) is 45.1 Å². The fourth-order valence-electron chi connectivity index (χ4n) is 2.23. The lowest BCUT2D eigenvalue weighted by Crippen LogP contribution is -2.52. The van der Waals surface area contributed by atoms with Crippen LogP contribution in [0.25, 0.3) is 0 Å². The van der Waals surface area contributed by atoms with E-state index in [0.717, 1.165) is 0 Å². The average Bonchev–Trinajstić information content (AvgIpc) is 2.26. The summed E-state index contributed by atoms with van der Waals surface area (Å²) in [5.74, 6) is 0.0384. The Morgan fingerprint density at radius 3 is 2.20 bits per heavy atom. The summed E-state index contributed by atoms with van der Waals surface area (Å²) in [7, 11) is -3.23. The van der Waals surface area contributed by atoms with E-state index in [-0.39, 0.29) is 18.5 Å². The van der Waals surface area contributed by atoms with E-state index in [1.54, 1.807) is 13.8 Å². The van der Waals surface area contributed by atoms with E-state index in [9.17, 15) is 13.5 Å². The maximum atomic E-state index is 12.1. The van der Waals surface area contributed by atoms with E-state index < -0.39 is 15.6 Å². The summed E-state index contributed by atoms with van der Waals surface area (Å²) in [6.45, 7) is 10.4. The average molecular weight is 308 g/mol. The molecule has 0 aromatic carbocycles. The third-order valence-electron chi connectivity index (χ3n) is 3.13. The Bertz CT molecular complexity index is 382. The first-order chi connectivity index (χ1) is 9.10. The lowest BCUT2D eigenvalue weighted by Gasteiger charge is -2.36. The molecule has 6 nitrogen and oxygen atoms in total. The van der Waals surface area contributed by atoms with Crippen LogP contribution < -0.4 is 0 Å². The molecule has 0 unspecified atom stereocenters. The van der Waals surface area contributed by atoms with Crippen molar-refractivity contribution in [3.63, 3.8) is 0 Å². The largest absolute Gasteiger partial charge is 0.389 e. The zero-order valence-corrected chi connectivity index (χ0v) is 13.8. The molecule has 1 aliphatic heterocycles. The van der Waals surface area contributed by atoms with Crippen molar-refractivity contribution in [2.45, 2.75) is 39.4 Å². The van der Waals surface area contributed by atoms with Crippen molar-refractivity contribution in [1.29, 1.82) is 0 Å². The van der Waals surface area contributed by atoms with E-state index in [0.29, 0.717) is 32.7 Å². The number of β-amino-alcohol motifs (C(OH)–C–C–N with tert-alkyl or cyclic N) is 1. The van der Waals surface area contributed by atoms with Gasteiger partial charge in [-0.15, -0.1) is 0 Å². The number of aliphatic hydroxyl groups is 1. The third kappa shape index (κ3) is 6.49. The minimum atomic E-state index is -3.23. The van der Waals surface area contributed by atoms with Crippen LogP contribution in [0.15, 0.2) is 0 Å². The minimum absolute atomic E-state index is 0.0384. The summed E-state index contributed by atoms with van der Waals surface area (Å²) in [4.78, 5) is 2.09. The number of sulfonamides is 1. The van der Waals surface area contributed by atoms with Crippen LogP contribution in [0.2, 0.25) is 0 Å². The molecule has 0 bridgehead atoms. The molecule has 0 radical (unpaired) electrons. The lowest BCUT2D eigenvalue weighted by molar-refractivity contribution is 0.0262. The quantitative estimate of drug-likeness (QED) is 0.724. The molecule has 0 spiro atoms. The first-order valence-corrected chi connectivity index (χ1v) is 8.75. The van der Waals surface area contributed by atoms with Crippen molar-refractivity contribution in [3.05, 3.63) is 0 Å². The van der Waals surface area contributed by atoms with Gasteiger partial charge >= 0.3 is 0 Å². The molecule has 1 N–H and O–H groups in total.